The standard InChI is InChI=1S/C23H18F5N3O4/c1-8-19-23(8)12(4-22(23,27)28)15-7-30-6-11(17(32)18(33)16(30)21(35)31(15)19)20(34)29-5-10-13(25)2-9(24)3-14(10)26/h2-3,6,8,12,15,19,33H,4-5,7H2,1H3,(H,29,34). The summed E-state index contributed by atoms with van der Waals surface area (Å²) in [4.78, 5) is 39.9. The first-order valence-corrected chi connectivity index (χ1v) is 11.0. The number of carbonyl (C=O) groups excluding carboxylic acids is 2. The number of aromatic hydroxyl groups is 1. The number of fused-ring (bicyclic) bond motifs is 4. The van der Waals surface area contributed by atoms with Gasteiger partial charge in [0.15, 0.2) is 11.4 Å². The number of carbonyl (C=O) groups is 2. The molecule has 2 N–H and O–H groups in total. The maximum atomic E-state index is 14.5. The van der Waals surface area contributed by atoms with Crippen molar-refractivity contribution >= 4 is 11.8 Å². The van der Waals surface area contributed by atoms with Gasteiger partial charge in [-0.25, -0.2) is 22.0 Å². The van der Waals surface area contributed by atoms with Crippen LogP contribution in [-0.2, 0) is 13.1 Å². The number of halogens is 5. The Hall–Kier alpha value is -3.44. The Labute approximate surface area is 194 Å². The van der Waals surface area contributed by atoms with E-state index in [0.717, 1.165) is 6.20 Å². The third-order valence-corrected chi connectivity index (χ3v) is 8.31. The normalized spacial score (nSPS) is 31.1. The molecule has 6 rings (SSSR count). The molecule has 0 bridgehead atoms. The van der Waals surface area contributed by atoms with Crippen molar-refractivity contribution in [3.63, 3.8) is 0 Å². The van der Waals surface area contributed by atoms with Crippen molar-refractivity contribution in [1.29, 1.82) is 0 Å². The van der Waals surface area contributed by atoms with Crippen molar-refractivity contribution < 1.29 is 36.6 Å². The second-order valence-electron chi connectivity index (χ2n) is 9.71. The van der Waals surface area contributed by atoms with E-state index in [1.165, 1.54) is 9.47 Å². The molecule has 35 heavy (non-hydrogen) atoms. The minimum absolute atomic E-state index is 0.00211. The fourth-order valence-electron chi connectivity index (χ4n) is 6.76. The molecule has 3 fully saturated rings. The average Bonchev–Trinajstić information content (AvgIpc) is 3.32. The van der Waals surface area contributed by atoms with Crippen molar-refractivity contribution in [3.8, 4) is 5.75 Å². The zero-order valence-corrected chi connectivity index (χ0v) is 18.1. The van der Waals surface area contributed by atoms with E-state index in [-0.39, 0.29) is 13.0 Å². The Morgan fingerprint density at radius 2 is 1.86 bits per heavy atom. The van der Waals surface area contributed by atoms with Gasteiger partial charge in [0.2, 0.25) is 5.43 Å². The van der Waals surface area contributed by atoms with E-state index in [1.807, 2.05) is 0 Å². The number of rotatable bonds is 3. The van der Waals surface area contributed by atoms with Crippen LogP contribution in [0.3, 0.4) is 0 Å². The topological polar surface area (TPSA) is 91.6 Å². The van der Waals surface area contributed by atoms with Crippen LogP contribution in [0.1, 0.15) is 39.8 Å². The molecule has 12 heteroatoms. The van der Waals surface area contributed by atoms with Gasteiger partial charge in [-0.3, -0.25) is 14.4 Å². The molecule has 1 saturated heterocycles. The molecule has 184 valence electrons. The van der Waals surface area contributed by atoms with Crippen molar-refractivity contribution in [2.75, 3.05) is 0 Å². The number of piperidine rings is 1. The van der Waals surface area contributed by atoms with Gasteiger partial charge in [-0.2, -0.15) is 0 Å². The highest BCUT2D eigenvalue weighted by atomic mass is 19.3. The zero-order valence-electron chi connectivity index (χ0n) is 18.1. The van der Waals surface area contributed by atoms with Crippen LogP contribution in [-0.4, -0.2) is 44.4 Å². The first-order chi connectivity index (χ1) is 16.4. The van der Waals surface area contributed by atoms with E-state index in [4.69, 9.17) is 0 Å². The van der Waals surface area contributed by atoms with Crippen LogP contribution in [0.5, 0.6) is 5.75 Å². The van der Waals surface area contributed by atoms with E-state index in [2.05, 4.69) is 5.32 Å². The summed E-state index contributed by atoms with van der Waals surface area (Å²) in [7, 11) is 0. The van der Waals surface area contributed by atoms with Crippen LogP contribution in [0.2, 0.25) is 0 Å². The van der Waals surface area contributed by atoms with E-state index < -0.39 is 99.1 Å². The van der Waals surface area contributed by atoms with Gasteiger partial charge in [0.25, 0.3) is 17.7 Å². The highest BCUT2D eigenvalue weighted by molar-refractivity contribution is 6.00. The monoisotopic (exact) mass is 495 g/mol. The van der Waals surface area contributed by atoms with Crippen LogP contribution < -0.4 is 10.7 Å². The number of nitrogens with one attached hydrogen (secondary N) is 1. The predicted octanol–water partition coefficient (Wildman–Crippen LogP) is 2.40. The van der Waals surface area contributed by atoms with Gasteiger partial charge in [-0.1, -0.05) is 6.92 Å². The lowest BCUT2D eigenvalue weighted by Gasteiger charge is -2.48. The summed E-state index contributed by atoms with van der Waals surface area (Å²) >= 11 is 0. The molecule has 2 aliphatic carbocycles. The Morgan fingerprint density at radius 1 is 1.20 bits per heavy atom. The SMILES string of the molecule is CC1C2N3C(=O)c4c(O)c(=O)c(C(=O)NCc5c(F)cc(F)cc5F)cn4CC3C3CC(F)(F)C132. The maximum absolute atomic E-state index is 14.5. The largest absolute Gasteiger partial charge is 0.503 e. The molecule has 2 aliphatic heterocycles. The molecule has 7 nitrogen and oxygen atoms in total. The van der Waals surface area contributed by atoms with E-state index in [1.54, 1.807) is 6.92 Å². The van der Waals surface area contributed by atoms with Crippen molar-refractivity contribution in [2.24, 2.45) is 17.3 Å². The Morgan fingerprint density at radius 3 is 2.49 bits per heavy atom. The average molecular weight is 495 g/mol. The lowest BCUT2D eigenvalue weighted by molar-refractivity contribution is -0.196. The number of hydrogen-bond donors (Lipinski definition) is 2. The van der Waals surface area contributed by atoms with Crippen LogP contribution in [0, 0.1) is 34.7 Å². The number of aromatic nitrogens is 1. The number of alkyl halides is 2. The zero-order chi connectivity index (χ0) is 25.2. The lowest BCUT2D eigenvalue weighted by atomic mass is 9.63. The molecule has 0 radical (unpaired) electrons. The highest BCUT2D eigenvalue weighted by Crippen LogP contribution is 2.82. The molecule has 1 spiro atoms. The van der Waals surface area contributed by atoms with E-state index >= 15 is 0 Å². The van der Waals surface area contributed by atoms with Gasteiger partial charge in [-0.05, 0) is 5.92 Å². The molecular weight excluding hydrogens is 477 g/mol. The van der Waals surface area contributed by atoms with Gasteiger partial charge in [0, 0.05) is 55.4 Å². The summed E-state index contributed by atoms with van der Waals surface area (Å²) in [5.74, 6) is -10.2. The summed E-state index contributed by atoms with van der Waals surface area (Å²) in [5, 5.41) is 12.7. The summed E-state index contributed by atoms with van der Waals surface area (Å²) in [6, 6.07) is -0.382. The molecule has 2 saturated carbocycles. The van der Waals surface area contributed by atoms with Crippen molar-refractivity contribution in [1.82, 2.24) is 14.8 Å². The summed E-state index contributed by atoms with van der Waals surface area (Å²) in [6.07, 6.45) is 0.669. The smallest absolute Gasteiger partial charge is 0.275 e. The van der Waals surface area contributed by atoms with Gasteiger partial charge in [-0.15, -0.1) is 0 Å². The third kappa shape index (κ3) is 2.51. The van der Waals surface area contributed by atoms with Crippen LogP contribution >= 0.6 is 0 Å². The summed E-state index contributed by atoms with van der Waals surface area (Å²) < 4.78 is 71.0. The fraction of sp³-hybridized carbons (Fsp3) is 0.435. The summed E-state index contributed by atoms with van der Waals surface area (Å²) in [6.45, 7) is 0.950. The number of hydrogen-bond acceptors (Lipinski definition) is 4. The molecule has 1 aromatic heterocycles. The van der Waals surface area contributed by atoms with Gasteiger partial charge < -0.3 is 19.9 Å². The predicted molar refractivity (Wildman–Crippen MR) is 108 cm³/mol. The van der Waals surface area contributed by atoms with Gasteiger partial charge in [0.05, 0.1) is 11.5 Å². The van der Waals surface area contributed by atoms with Crippen molar-refractivity contribution in [3.05, 3.63) is 62.8 Å². The Bertz CT molecular complexity index is 1390. The van der Waals surface area contributed by atoms with Gasteiger partial charge >= 0.3 is 0 Å². The van der Waals surface area contributed by atoms with E-state index in [0.29, 0.717) is 12.1 Å². The molecule has 2 aromatic rings. The number of amides is 2. The Kier molecular flexibility index (Phi) is 4.16. The van der Waals surface area contributed by atoms with Crippen molar-refractivity contribution in [2.45, 2.75) is 44.4 Å². The first-order valence-electron chi connectivity index (χ1n) is 11.0. The summed E-state index contributed by atoms with van der Waals surface area (Å²) in [5.41, 5.74) is -4.11. The molecule has 4 aliphatic rings. The highest BCUT2D eigenvalue weighted by Gasteiger charge is 2.91. The second kappa shape index (κ2) is 6.61. The van der Waals surface area contributed by atoms with Gasteiger partial charge in [0.1, 0.15) is 23.0 Å². The van der Waals surface area contributed by atoms with E-state index in [9.17, 15) is 41.4 Å². The molecule has 2 amide bonds. The van der Waals surface area contributed by atoms with Crippen LogP contribution in [0.25, 0.3) is 0 Å². The van der Waals surface area contributed by atoms with Crippen LogP contribution in [0.4, 0.5) is 22.0 Å². The number of benzene rings is 1. The molecule has 3 heterocycles. The lowest BCUT2D eigenvalue weighted by Crippen LogP contribution is -2.57. The first kappa shape index (κ1) is 22.1. The third-order valence-electron chi connectivity index (χ3n) is 8.31. The molecule has 5 atom stereocenters. The number of pyridine rings is 1. The maximum Gasteiger partial charge on any atom is 0.275 e. The minimum atomic E-state index is -2.90. The molecule has 5 unspecified atom stereocenters. The molecule has 1 aromatic carbocycles. The van der Waals surface area contributed by atoms with Crippen LogP contribution in [0.15, 0.2) is 23.1 Å². The second-order valence-corrected chi connectivity index (χ2v) is 9.71. The Balaban J connectivity index is 1.31. The minimum Gasteiger partial charge on any atom is -0.503 e. The number of nitrogens with zero attached hydrogens (tertiary/aromatic N) is 2. The quantitative estimate of drug-likeness (QED) is 0.640. The molecular formula is C23H18F5N3O4. The fourth-order valence-corrected chi connectivity index (χ4v) is 6.76.